The summed E-state index contributed by atoms with van der Waals surface area (Å²) in [5.74, 6) is 1.17. The highest BCUT2D eigenvalue weighted by molar-refractivity contribution is 8.00. The zero-order chi connectivity index (χ0) is 20.8. The molecule has 3 rings (SSSR count). The van der Waals surface area contributed by atoms with Crippen LogP contribution >= 0.6 is 11.8 Å². The van der Waals surface area contributed by atoms with Crippen LogP contribution in [0.1, 0.15) is 31.1 Å². The summed E-state index contributed by atoms with van der Waals surface area (Å²) >= 11 is 1.26. The van der Waals surface area contributed by atoms with Crippen LogP contribution in [-0.4, -0.2) is 41.4 Å². The summed E-state index contributed by atoms with van der Waals surface area (Å²) in [7, 11) is 1.60. The molecule has 0 amide bonds. The van der Waals surface area contributed by atoms with Crippen LogP contribution in [0.15, 0.2) is 58.2 Å². The molecule has 0 saturated heterocycles. The lowest BCUT2D eigenvalue weighted by Gasteiger charge is -2.20. The van der Waals surface area contributed by atoms with Crippen LogP contribution < -0.4 is 9.64 Å². The van der Waals surface area contributed by atoms with Crippen LogP contribution in [0.5, 0.6) is 5.75 Å². The van der Waals surface area contributed by atoms with Crippen LogP contribution in [0.4, 0.5) is 5.69 Å². The monoisotopic (exact) mass is 411 g/mol. The summed E-state index contributed by atoms with van der Waals surface area (Å²) in [5.41, 5.74) is 2.64. The number of ketones is 1. The van der Waals surface area contributed by atoms with Crippen LogP contribution in [0.2, 0.25) is 0 Å². The van der Waals surface area contributed by atoms with Gasteiger partial charge in [-0.25, -0.2) is 0 Å². The molecule has 7 heteroatoms. The minimum absolute atomic E-state index is 0.000906. The molecule has 2 aromatic carbocycles. The molecule has 1 unspecified atom stereocenters. The van der Waals surface area contributed by atoms with Gasteiger partial charge in [-0.15, -0.1) is 10.2 Å². The summed E-state index contributed by atoms with van der Waals surface area (Å²) in [4.78, 5) is 14.9. The van der Waals surface area contributed by atoms with Gasteiger partial charge in [0, 0.05) is 29.9 Å². The molecule has 6 nitrogen and oxygen atoms in total. The molecule has 3 aromatic rings. The Morgan fingerprint density at radius 1 is 1.07 bits per heavy atom. The van der Waals surface area contributed by atoms with E-state index in [1.54, 1.807) is 31.4 Å². The lowest BCUT2D eigenvalue weighted by molar-refractivity contribution is 0.0993. The van der Waals surface area contributed by atoms with Gasteiger partial charge in [0.15, 0.2) is 5.78 Å². The maximum Gasteiger partial charge on any atom is 0.277 e. The first kappa shape index (κ1) is 20.9. The minimum Gasteiger partial charge on any atom is -0.497 e. The molecule has 0 N–H and O–H groups in total. The Morgan fingerprint density at radius 3 is 2.31 bits per heavy atom. The van der Waals surface area contributed by atoms with Gasteiger partial charge in [-0.2, -0.15) is 0 Å². The third kappa shape index (κ3) is 4.98. The molecule has 152 valence electrons. The number of Topliss-reactive ketones (excluding diaryl/α,β-unsaturated/α-hetero) is 1. The van der Waals surface area contributed by atoms with E-state index in [9.17, 15) is 4.79 Å². The Hall–Kier alpha value is -2.80. The maximum absolute atomic E-state index is 12.6. The molecule has 0 fully saturated rings. The average molecular weight is 412 g/mol. The molecular weight excluding hydrogens is 386 g/mol. The molecule has 0 aliphatic rings. The number of hydrogen-bond donors (Lipinski definition) is 0. The molecule has 1 aromatic heterocycles. The van der Waals surface area contributed by atoms with Crippen LogP contribution in [0.3, 0.4) is 0 Å². The third-order valence-corrected chi connectivity index (χ3v) is 5.60. The molecule has 0 spiro atoms. The van der Waals surface area contributed by atoms with Crippen molar-refractivity contribution < 1.29 is 13.9 Å². The number of methoxy groups -OCH3 is 1. The van der Waals surface area contributed by atoms with Crippen molar-refractivity contribution in [2.75, 3.05) is 25.1 Å². The van der Waals surface area contributed by atoms with E-state index in [4.69, 9.17) is 9.15 Å². The SMILES string of the molecule is CCN(CC)c1ccc(-c2nnc(SC(C)C(=O)c3ccc(OC)cc3)o2)cc1. The van der Waals surface area contributed by atoms with Gasteiger partial charge in [-0.3, -0.25) is 4.79 Å². The lowest BCUT2D eigenvalue weighted by Crippen LogP contribution is -2.21. The van der Waals surface area contributed by atoms with E-state index in [0.717, 1.165) is 30.1 Å². The molecule has 0 aliphatic carbocycles. The predicted molar refractivity (Wildman–Crippen MR) is 116 cm³/mol. The largest absolute Gasteiger partial charge is 0.497 e. The molecule has 0 saturated carbocycles. The number of aromatic nitrogens is 2. The number of thioether (sulfide) groups is 1. The first-order valence-electron chi connectivity index (χ1n) is 9.59. The van der Waals surface area contributed by atoms with Gasteiger partial charge in [0.25, 0.3) is 5.22 Å². The van der Waals surface area contributed by atoms with Crippen LogP contribution in [0, 0.1) is 0 Å². The molecule has 0 radical (unpaired) electrons. The van der Waals surface area contributed by atoms with Gasteiger partial charge < -0.3 is 14.1 Å². The summed E-state index contributed by atoms with van der Waals surface area (Å²) in [6.45, 7) is 8.01. The highest BCUT2D eigenvalue weighted by atomic mass is 32.2. The molecule has 0 bridgehead atoms. The third-order valence-electron chi connectivity index (χ3n) is 4.67. The van der Waals surface area contributed by atoms with Crippen LogP contribution in [0.25, 0.3) is 11.5 Å². The number of carbonyl (C=O) groups is 1. The molecule has 1 heterocycles. The zero-order valence-corrected chi connectivity index (χ0v) is 17.9. The topological polar surface area (TPSA) is 68.5 Å². The Labute approximate surface area is 175 Å². The van der Waals surface area contributed by atoms with E-state index in [1.807, 2.05) is 19.1 Å². The van der Waals surface area contributed by atoms with Crippen molar-refractivity contribution in [3.05, 3.63) is 54.1 Å². The van der Waals surface area contributed by atoms with Crippen LogP contribution in [-0.2, 0) is 0 Å². The fourth-order valence-corrected chi connectivity index (χ4v) is 3.73. The second kappa shape index (κ2) is 9.60. The Bertz CT molecular complexity index is 935. The van der Waals surface area contributed by atoms with E-state index in [1.165, 1.54) is 11.8 Å². The summed E-state index contributed by atoms with van der Waals surface area (Å²) < 4.78 is 10.9. The fourth-order valence-electron chi connectivity index (χ4n) is 2.97. The lowest BCUT2D eigenvalue weighted by atomic mass is 10.1. The van der Waals surface area contributed by atoms with E-state index in [-0.39, 0.29) is 11.0 Å². The summed E-state index contributed by atoms with van der Waals surface area (Å²) in [6.07, 6.45) is 0. The van der Waals surface area contributed by atoms with Gasteiger partial charge >= 0.3 is 0 Å². The van der Waals surface area contributed by atoms with Gasteiger partial charge in [0.2, 0.25) is 5.89 Å². The molecule has 29 heavy (non-hydrogen) atoms. The average Bonchev–Trinajstić information content (AvgIpc) is 3.23. The molecule has 1 atom stereocenters. The van der Waals surface area contributed by atoms with Gasteiger partial charge in [-0.1, -0.05) is 11.8 Å². The normalized spacial score (nSPS) is 11.9. The van der Waals surface area contributed by atoms with Crippen molar-refractivity contribution in [1.82, 2.24) is 10.2 Å². The summed E-state index contributed by atoms with van der Waals surface area (Å²) in [6, 6.07) is 15.1. The van der Waals surface area contributed by atoms with Crippen molar-refractivity contribution in [2.24, 2.45) is 0 Å². The predicted octanol–water partition coefficient (Wildman–Crippen LogP) is 4.95. The fraction of sp³-hybridized carbons (Fsp3) is 0.318. The van der Waals surface area contributed by atoms with Gasteiger partial charge in [-0.05, 0) is 69.3 Å². The van der Waals surface area contributed by atoms with Crippen molar-refractivity contribution in [1.29, 1.82) is 0 Å². The number of anilines is 1. The van der Waals surface area contributed by atoms with Crippen molar-refractivity contribution >= 4 is 23.2 Å². The Balaban J connectivity index is 1.67. The first-order chi connectivity index (χ1) is 14.0. The quantitative estimate of drug-likeness (QED) is 0.364. The number of rotatable bonds is 9. The highest BCUT2D eigenvalue weighted by Crippen LogP contribution is 2.29. The highest BCUT2D eigenvalue weighted by Gasteiger charge is 2.20. The smallest absolute Gasteiger partial charge is 0.277 e. The molecular formula is C22H25N3O3S. The Morgan fingerprint density at radius 2 is 1.72 bits per heavy atom. The maximum atomic E-state index is 12.6. The van der Waals surface area contributed by atoms with E-state index in [2.05, 4.69) is 41.1 Å². The van der Waals surface area contributed by atoms with Crippen molar-refractivity contribution in [2.45, 2.75) is 31.2 Å². The second-order valence-corrected chi connectivity index (χ2v) is 7.74. The van der Waals surface area contributed by atoms with Gasteiger partial charge in [0.1, 0.15) is 5.75 Å². The standard InChI is InChI=1S/C22H25N3O3S/c1-5-25(6-2)18-11-7-17(8-12-18)21-23-24-22(28-21)29-15(3)20(26)16-9-13-19(27-4)14-10-16/h7-15H,5-6H2,1-4H3. The summed E-state index contributed by atoms with van der Waals surface area (Å²) in [5, 5.41) is 8.25. The number of nitrogens with zero attached hydrogens (tertiary/aromatic N) is 3. The number of benzene rings is 2. The first-order valence-corrected chi connectivity index (χ1v) is 10.5. The van der Waals surface area contributed by atoms with Gasteiger partial charge in [0.05, 0.1) is 12.4 Å². The van der Waals surface area contributed by atoms with Crippen molar-refractivity contribution in [3.63, 3.8) is 0 Å². The minimum atomic E-state index is -0.346. The van der Waals surface area contributed by atoms with Crippen molar-refractivity contribution in [3.8, 4) is 17.2 Å². The Kier molecular flexibility index (Phi) is 6.93. The van der Waals surface area contributed by atoms with E-state index in [0.29, 0.717) is 16.7 Å². The molecule has 0 aliphatic heterocycles. The number of ether oxygens (including phenoxy) is 1. The second-order valence-electron chi connectivity index (χ2n) is 6.45. The zero-order valence-electron chi connectivity index (χ0n) is 17.1. The number of hydrogen-bond acceptors (Lipinski definition) is 7. The van der Waals surface area contributed by atoms with E-state index < -0.39 is 0 Å². The number of carbonyl (C=O) groups excluding carboxylic acids is 1. The van der Waals surface area contributed by atoms with E-state index >= 15 is 0 Å².